The van der Waals surface area contributed by atoms with Gasteiger partial charge in [0.05, 0.1) is 6.26 Å². The first kappa shape index (κ1) is 24.2. The standard InChI is InChI=1S/C22H31N5O2.HI/c1-3-12-27-13-10-19(11-14-27)26-22(23-2)24-16-17-6-8-18(9-7-17)25-21(28)20-5-4-15-29-20;/h4-9,15,19H,3,10-14,16H2,1-2H3,(H,25,28)(H2,23,24,26);1H. The zero-order valence-electron chi connectivity index (χ0n) is 17.7. The number of likely N-dealkylation sites (tertiary alicyclic amines) is 1. The second-order valence-corrected chi connectivity index (χ2v) is 7.31. The molecule has 1 saturated heterocycles. The number of nitrogens with zero attached hydrogens (tertiary/aromatic N) is 2. The van der Waals surface area contributed by atoms with Gasteiger partial charge in [0, 0.05) is 38.4 Å². The molecule has 0 saturated carbocycles. The summed E-state index contributed by atoms with van der Waals surface area (Å²) in [4.78, 5) is 18.9. The molecule has 1 aromatic heterocycles. The van der Waals surface area contributed by atoms with Crippen molar-refractivity contribution in [3.8, 4) is 0 Å². The second kappa shape index (κ2) is 12.6. The number of rotatable bonds is 7. The van der Waals surface area contributed by atoms with Crippen molar-refractivity contribution in [3.05, 3.63) is 54.0 Å². The first-order valence-corrected chi connectivity index (χ1v) is 10.3. The zero-order valence-corrected chi connectivity index (χ0v) is 20.0. The molecule has 164 valence electrons. The van der Waals surface area contributed by atoms with Gasteiger partial charge in [-0.15, -0.1) is 24.0 Å². The molecule has 1 aliphatic heterocycles. The van der Waals surface area contributed by atoms with Crippen molar-refractivity contribution >= 4 is 41.5 Å². The van der Waals surface area contributed by atoms with Crippen molar-refractivity contribution in [3.63, 3.8) is 0 Å². The van der Waals surface area contributed by atoms with E-state index in [2.05, 4.69) is 32.8 Å². The Hall–Kier alpha value is -2.07. The lowest BCUT2D eigenvalue weighted by molar-refractivity contribution is 0.0996. The smallest absolute Gasteiger partial charge is 0.291 e. The Morgan fingerprint density at radius 1 is 1.20 bits per heavy atom. The monoisotopic (exact) mass is 525 g/mol. The number of nitrogens with one attached hydrogen (secondary N) is 3. The van der Waals surface area contributed by atoms with Crippen molar-refractivity contribution in [2.75, 3.05) is 32.0 Å². The Morgan fingerprint density at radius 2 is 1.93 bits per heavy atom. The Labute approximate surface area is 195 Å². The van der Waals surface area contributed by atoms with E-state index in [9.17, 15) is 4.79 Å². The number of carbonyl (C=O) groups excluding carboxylic acids is 1. The van der Waals surface area contributed by atoms with E-state index < -0.39 is 0 Å². The molecular weight excluding hydrogens is 493 g/mol. The molecule has 2 aromatic rings. The molecule has 2 heterocycles. The molecule has 1 aliphatic rings. The minimum Gasteiger partial charge on any atom is -0.459 e. The summed E-state index contributed by atoms with van der Waals surface area (Å²) in [6.07, 6.45) is 4.99. The molecule has 1 fully saturated rings. The van der Waals surface area contributed by atoms with E-state index in [0.717, 1.165) is 43.1 Å². The number of guanidine groups is 1. The van der Waals surface area contributed by atoms with Crippen LogP contribution in [0, 0.1) is 0 Å². The van der Waals surface area contributed by atoms with Crippen molar-refractivity contribution in [2.45, 2.75) is 38.8 Å². The zero-order chi connectivity index (χ0) is 20.5. The maximum absolute atomic E-state index is 12.0. The first-order chi connectivity index (χ1) is 14.2. The number of aliphatic imine (C=N–C) groups is 1. The molecule has 7 nitrogen and oxygen atoms in total. The lowest BCUT2D eigenvalue weighted by Crippen LogP contribution is -2.48. The second-order valence-electron chi connectivity index (χ2n) is 7.31. The molecule has 3 rings (SSSR count). The molecule has 0 aliphatic carbocycles. The lowest BCUT2D eigenvalue weighted by atomic mass is 10.1. The van der Waals surface area contributed by atoms with E-state index in [-0.39, 0.29) is 29.9 Å². The highest BCUT2D eigenvalue weighted by atomic mass is 127. The Balaban J connectivity index is 0.00000320. The molecule has 1 aromatic carbocycles. The summed E-state index contributed by atoms with van der Waals surface area (Å²) >= 11 is 0. The van der Waals surface area contributed by atoms with Crippen LogP contribution in [0.15, 0.2) is 52.1 Å². The Bertz CT molecular complexity index is 784. The molecule has 0 spiro atoms. The number of carbonyl (C=O) groups is 1. The molecule has 0 unspecified atom stereocenters. The van der Waals surface area contributed by atoms with Gasteiger partial charge in [0.1, 0.15) is 0 Å². The predicted molar refractivity (Wildman–Crippen MR) is 132 cm³/mol. The van der Waals surface area contributed by atoms with Crippen LogP contribution in [0.3, 0.4) is 0 Å². The van der Waals surface area contributed by atoms with Crippen molar-refractivity contribution in [1.29, 1.82) is 0 Å². The molecular formula is C22H32IN5O2. The lowest BCUT2D eigenvalue weighted by Gasteiger charge is -2.32. The molecule has 1 amide bonds. The van der Waals surface area contributed by atoms with Crippen LogP contribution in [0.4, 0.5) is 5.69 Å². The van der Waals surface area contributed by atoms with Gasteiger partial charge in [-0.3, -0.25) is 9.79 Å². The summed E-state index contributed by atoms with van der Waals surface area (Å²) in [5, 5.41) is 9.73. The van der Waals surface area contributed by atoms with E-state index >= 15 is 0 Å². The molecule has 0 bridgehead atoms. The number of amides is 1. The highest BCUT2D eigenvalue weighted by Gasteiger charge is 2.19. The van der Waals surface area contributed by atoms with Crippen LogP contribution in [0.2, 0.25) is 0 Å². The fraction of sp³-hybridized carbons (Fsp3) is 0.455. The van der Waals surface area contributed by atoms with E-state index in [4.69, 9.17) is 4.42 Å². The van der Waals surface area contributed by atoms with Crippen LogP contribution in [0.5, 0.6) is 0 Å². The van der Waals surface area contributed by atoms with E-state index in [1.54, 1.807) is 19.2 Å². The van der Waals surface area contributed by atoms with Crippen LogP contribution in [-0.2, 0) is 6.54 Å². The third-order valence-electron chi connectivity index (χ3n) is 5.11. The topological polar surface area (TPSA) is 81.9 Å². The van der Waals surface area contributed by atoms with Crippen LogP contribution < -0.4 is 16.0 Å². The fourth-order valence-electron chi connectivity index (χ4n) is 3.50. The van der Waals surface area contributed by atoms with Crippen LogP contribution in [-0.4, -0.2) is 49.5 Å². The maximum Gasteiger partial charge on any atom is 0.291 e. The molecule has 0 atom stereocenters. The number of anilines is 1. The molecule has 3 N–H and O–H groups in total. The van der Waals surface area contributed by atoms with Gasteiger partial charge in [0.15, 0.2) is 11.7 Å². The first-order valence-electron chi connectivity index (χ1n) is 10.3. The molecule has 8 heteroatoms. The summed E-state index contributed by atoms with van der Waals surface area (Å²) in [6, 6.07) is 11.5. The quantitative estimate of drug-likeness (QED) is 0.292. The van der Waals surface area contributed by atoms with E-state index in [1.807, 2.05) is 24.3 Å². The molecule has 30 heavy (non-hydrogen) atoms. The third-order valence-corrected chi connectivity index (χ3v) is 5.11. The number of halogens is 1. The van der Waals surface area contributed by atoms with Crippen molar-refractivity contribution in [2.24, 2.45) is 4.99 Å². The highest BCUT2D eigenvalue weighted by molar-refractivity contribution is 14.0. The summed E-state index contributed by atoms with van der Waals surface area (Å²) in [6.45, 7) is 6.38. The van der Waals surface area contributed by atoms with E-state index in [1.165, 1.54) is 19.2 Å². The summed E-state index contributed by atoms with van der Waals surface area (Å²) < 4.78 is 5.10. The predicted octanol–water partition coefficient (Wildman–Crippen LogP) is 3.69. The summed E-state index contributed by atoms with van der Waals surface area (Å²) in [7, 11) is 1.80. The summed E-state index contributed by atoms with van der Waals surface area (Å²) in [5.74, 6) is 0.871. The van der Waals surface area contributed by atoms with Gasteiger partial charge in [0.25, 0.3) is 5.91 Å². The van der Waals surface area contributed by atoms with Crippen LogP contribution >= 0.6 is 24.0 Å². The minimum absolute atomic E-state index is 0. The Morgan fingerprint density at radius 3 is 2.53 bits per heavy atom. The van der Waals surface area contributed by atoms with Gasteiger partial charge < -0.3 is 25.3 Å². The minimum atomic E-state index is -0.254. The average Bonchev–Trinajstić information content (AvgIpc) is 3.29. The number of piperidine rings is 1. The van der Waals surface area contributed by atoms with Crippen molar-refractivity contribution in [1.82, 2.24) is 15.5 Å². The van der Waals surface area contributed by atoms with Crippen LogP contribution in [0.25, 0.3) is 0 Å². The number of benzene rings is 1. The average molecular weight is 525 g/mol. The van der Waals surface area contributed by atoms with E-state index in [0.29, 0.717) is 18.3 Å². The maximum atomic E-state index is 12.0. The molecule has 0 radical (unpaired) electrons. The van der Waals surface area contributed by atoms with Gasteiger partial charge in [0.2, 0.25) is 0 Å². The van der Waals surface area contributed by atoms with Crippen LogP contribution in [0.1, 0.15) is 42.3 Å². The highest BCUT2D eigenvalue weighted by Crippen LogP contribution is 2.13. The number of furan rings is 1. The van der Waals surface area contributed by atoms with Gasteiger partial charge >= 0.3 is 0 Å². The Kier molecular flexibility index (Phi) is 10.2. The SMILES string of the molecule is CCCN1CCC(NC(=NC)NCc2ccc(NC(=O)c3ccco3)cc2)CC1.I. The van der Waals surface area contributed by atoms with Gasteiger partial charge in [-0.05, 0) is 55.6 Å². The largest absolute Gasteiger partial charge is 0.459 e. The van der Waals surface area contributed by atoms with Gasteiger partial charge in [-0.25, -0.2) is 0 Å². The summed E-state index contributed by atoms with van der Waals surface area (Å²) in [5.41, 5.74) is 1.85. The normalized spacial score (nSPS) is 15.3. The number of hydrogen-bond acceptors (Lipinski definition) is 4. The number of hydrogen-bond donors (Lipinski definition) is 3. The van der Waals surface area contributed by atoms with Gasteiger partial charge in [-0.1, -0.05) is 19.1 Å². The van der Waals surface area contributed by atoms with Gasteiger partial charge in [-0.2, -0.15) is 0 Å². The van der Waals surface area contributed by atoms with Crippen molar-refractivity contribution < 1.29 is 9.21 Å². The third kappa shape index (κ3) is 7.32. The fourth-order valence-corrected chi connectivity index (χ4v) is 3.50.